The Balaban J connectivity index is 2.08. The van der Waals surface area contributed by atoms with Gasteiger partial charge in [0.25, 0.3) is 5.91 Å². The average molecular weight is 298 g/mol. The number of methoxy groups -OCH3 is 1. The van der Waals surface area contributed by atoms with Crippen LogP contribution in [0.4, 0.5) is 0 Å². The Kier molecular flexibility index (Phi) is 5.12. The van der Waals surface area contributed by atoms with Gasteiger partial charge in [-0.2, -0.15) is 0 Å². The number of rotatable bonds is 4. The highest BCUT2D eigenvalue weighted by atomic mass is 35.5. The lowest BCUT2D eigenvalue weighted by atomic mass is 9.95. The van der Waals surface area contributed by atoms with Crippen molar-refractivity contribution in [2.24, 2.45) is 5.92 Å². The lowest BCUT2D eigenvalue weighted by Crippen LogP contribution is -2.40. The summed E-state index contributed by atoms with van der Waals surface area (Å²) in [7, 11) is 1.48. The van der Waals surface area contributed by atoms with Gasteiger partial charge in [0.2, 0.25) is 0 Å². The third kappa shape index (κ3) is 3.37. The first-order valence-corrected chi connectivity index (χ1v) is 7.41. The Morgan fingerprint density at radius 3 is 3.00 bits per heavy atom. The molecule has 1 aliphatic rings. The van der Waals surface area contributed by atoms with Crippen LogP contribution in [0.5, 0.6) is 11.5 Å². The number of phenols is 1. The van der Waals surface area contributed by atoms with Gasteiger partial charge in [0.05, 0.1) is 7.11 Å². The summed E-state index contributed by atoms with van der Waals surface area (Å²) in [5.41, 5.74) is 0.495. The van der Waals surface area contributed by atoms with E-state index >= 15 is 0 Å². The van der Waals surface area contributed by atoms with Crippen molar-refractivity contribution in [1.82, 2.24) is 4.90 Å². The number of phenolic OH excluding ortho intramolecular Hbond substituents is 1. The normalized spacial score (nSPS) is 18.9. The third-order valence-corrected chi connectivity index (χ3v) is 3.97. The van der Waals surface area contributed by atoms with E-state index in [1.807, 2.05) is 4.90 Å². The van der Waals surface area contributed by atoms with Crippen molar-refractivity contribution in [2.75, 3.05) is 26.1 Å². The molecule has 1 fully saturated rings. The number of alkyl halides is 1. The summed E-state index contributed by atoms with van der Waals surface area (Å²) in [6.45, 7) is 1.52. The third-order valence-electron chi connectivity index (χ3n) is 3.75. The van der Waals surface area contributed by atoms with Gasteiger partial charge in [0.15, 0.2) is 11.5 Å². The van der Waals surface area contributed by atoms with Gasteiger partial charge in [-0.1, -0.05) is 0 Å². The van der Waals surface area contributed by atoms with E-state index in [4.69, 9.17) is 16.3 Å². The molecule has 1 aliphatic heterocycles. The molecule has 0 spiro atoms. The van der Waals surface area contributed by atoms with Crippen LogP contribution in [0.2, 0.25) is 0 Å². The van der Waals surface area contributed by atoms with E-state index < -0.39 is 0 Å². The summed E-state index contributed by atoms with van der Waals surface area (Å²) in [4.78, 5) is 14.3. The summed E-state index contributed by atoms with van der Waals surface area (Å²) in [6.07, 6.45) is 3.08. The van der Waals surface area contributed by atoms with E-state index in [-0.39, 0.29) is 11.7 Å². The Labute approximate surface area is 124 Å². The number of carbonyl (C=O) groups excluding carboxylic acids is 1. The zero-order valence-corrected chi connectivity index (χ0v) is 12.4. The van der Waals surface area contributed by atoms with Crippen LogP contribution in [-0.2, 0) is 0 Å². The number of likely N-dealkylation sites (tertiary alicyclic amines) is 1. The quantitative estimate of drug-likeness (QED) is 0.869. The second-order valence-electron chi connectivity index (χ2n) is 5.12. The minimum Gasteiger partial charge on any atom is -0.504 e. The lowest BCUT2D eigenvalue weighted by molar-refractivity contribution is 0.0671. The molecule has 5 heteroatoms. The summed E-state index contributed by atoms with van der Waals surface area (Å²) >= 11 is 5.78. The van der Waals surface area contributed by atoms with Gasteiger partial charge in [-0.05, 0) is 43.4 Å². The second-order valence-corrected chi connectivity index (χ2v) is 5.50. The number of amides is 1. The highest BCUT2D eigenvalue weighted by molar-refractivity contribution is 6.17. The van der Waals surface area contributed by atoms with Gasteiger partial charge in [0, 0.05) is 24.5 Å². The number of benzene rings is 1. The Morgan fingerprint density at radius 2 is 2.35 bits per heavy atom. The number of nitrogens with zero attached hydrogens (tertiary/aromatic N) is 1. The van der Waals surface area contributed by atoms with Crippen molar-refractivity contribution in [3.05, 3.63) is 23.8 Å². The van der Waals surface area contributed by atoms with Gasteiger partial charge in [-0.15, -0.1) is 11.6 Å². The molecular formula is C15H20ClNO3. The van der Waals surface area contributed by atoms with Crippen LogP contribution < -0.4 is 4.74 Å². The SMILES string of the molecule is COc1ccc(C(=O)N2CCCC(CCCl)C2)cc1O. The van der Waals surface area contributed by atoms with Crippen LogP contribution >= 0.6 is 11.6 Å². The van der Waals surface area contributed by atoms with E-state index in [9.17, 15) is 9.90 Å². The van der Waals surface area contributed by atoms with E-state index in [0.29, 0.717) is 23.1 Å². The number of hydrogen-bond acceptors (Lipinski definition) is 3. The Morgan fingerprint density at radius 1 is 1.55 bits per heavy atom. The lowest BCUT2D eigenvalue weighted by Gasteiger charge is -2.32. The highest BCUT2D eigenvalue weighted by Gasteiger charge is 2.24. The predicted molar refractivity (Wildman–Crippen MR) is 78.6 cm³/mol. The fourth-order valence-corrected chi connectivity index (χ4v) is 2.95. The summed E-state index contributed by atoms with van der Waals surface area (Å²) < 4.78 is 4.98. The molecule has 0 bridgehead atoms. The van der Waals surface area contributed by atoms with Gasteiger partial charge >= 0.3 is 0 Å². The molecule has 110 valence electrons. The molecule has 1 N–H and O–H groups in total. The zero-order chi connectivity index (χ0) is 14.5. The minimum atomic E-state index is -0.0396. The van der Waals surface area contributed by atoms with Gasteiger partial charge in [-0.3, -0.25) is 4.79 Å². The van der Waals surface area contributed by atoms with E-state index in [1.54, 1.807) is 12.1 Å². The monoisotopic (exact) mass is 297 g/mol. The largest absolute Gasteiger partial charge is 0.504 e. The van der Waals surface area contributed by atoms with Crippen molar-refractivity contribution in [3.63, 3.8) is 0 Å². The molecule has 20 heavy (non-hydrogen) atoms. The Bertz CT molecular complexity index is 476. The van der Waals surface area contributed by atoms with Gasteiger partial charge in [-0.25, -0.2) is 0 Å². The van der Waals surface area contributed by atoms with Gasteiger partial charge in [0.1, 0.15) is 0 Å². The molecule has 0 aromatic heterocycles. The van der Waals surface area contributed by atoms with Crippen molar-refractivity contribution in [1.29, 1.82) is 0 Å². The van der Waals surface area contributed by atoms with Crippen molar-refractivity contribution < 1.29 is 14.6 Å². The number of ether oxygens (including phenoxy) is 1. The smallest absolute Gasteiger partial charge is 0.254 e. The fraction of sp³-hybridized carbons (Fsp3) is 0.533. The van der Waals surface area contributed by atoms with Crippen LogP contribution in [0.25, 0.3) is 0 Å². The molecule has 0 aliphatic carbocycles. The van der Waals surface area contributed by atoms with E-state index in [2.05, 4.69) is 0 Å². The summed E-state index contributed by atoms with van der Waals surface area (Å²) in [6, 6.07) is 4.77. The Hall–Kier alpha value is -1.42. The van der Waals surface area contributed by atoms with Crippen LogP contribution in [0.1, 0.15) is 29.6 Å². The van der Waals surface area contributed by atoms with Crippen LogP contribution in [-0.4, -0.2) is 42.0 Å². The van der Waals surface area contributed by atoms with E-state index in [0.717, 1.165) is 32.4 Å². The van der Waals surface area contributed by atoms with Crippen molar-refractivity contribution >= 4 is 17.5 Å². The summed E-state index contributed by atoms with van der Waals surface area (Å²) in [5.74, 6) is 1.45. The fourth-order valence-electron chi connectivity index (χ4n) is 2.65. The molecule has 1 amide bonds. The van der Waals surface area contributed by atoms with Crippen LogP contribution in [0.15, 0.2) is 18.2 Å². The highest BCUT2D eigenvalue weighted by Crippen LogP contribution is 2.28. The van der Waals surface area contributed by atoms with Gasteiger partial charge < -0.3 is 14.7 Å². The first-order chi connectivity index (χ1) is 9.65. The maximum absolute atomic E-state index is 12.4. The molecular weight excluding hydrogens is 278 g/mol. The topological polar surface area (TPSA) is 49.8 Å². The molecule has 1 saturated heterocycles. The van der Waals surface area contributed by atoms with Crippen molar-refractivity contribution in [2.45, 2.75) is 19.3 Å². The molecule has 0 saturated carbocycles. The summed E-state index contributed by atoms with van der Waals surface area (Å²) in [5, 5.41) is 9.76. The maximum Gasteiger partial charge on any atom is 0.254 e. The van der Waals surface area contributed by atoms with Crippen molar-refractivity contribution in [3.8, 4) is 11.5 Å². The first kappa shape index (κ1) is 15.0. The maximum atomic E-state index is 12.4. The molecule has 4 nitrogen and oxygen atoms in total. The number of carbonyl (C=O) groups is 1. The van der Waals surface area contributed by atoms with Crippen LogP contribution in [0, 0.1) is 5.92 Å². The number of piperidine rings is 1. The minimum absolute atomic E-state index is 0.00679. The number of hydrogen-bond donors (Lipinski definition) is 1. The molecule has 1 aromatic carbocycles. The molecule has 1 aromatic rings. The number of aromatic hydroxyl groups is 1. The average Bonchev–Trinajstić information content (AvgIpc) is 2.47. The zero-order valence-electron chi connectivity index (χ0n) is 11.6. The first-order valence-electron chi connectivity index (χ1n) is 6.88. The standard InChI is InChI=1S/C15H20ClNO3/c1-20-14-5-4-12(9-13(14)18)15(19)17-8-2-3-11(10-17)6-7-16/h4-5,9,11,18H,2-3,6-8,10H2,1H3. The molecule has 2 rings (SSSR count). The van der Waals surface area contributed by atoms with Crippen LogP contribution in [0.3, 0.4) is 0 Å². The predicted octanol–water partition coefficient (Wildman–Crippen LogP) is 2.88. The molecule has 1 heterocycles. The number of halogens is 1. The molecule has 0 radical (unpaired) electrons. The van der Waals surface area contributed by atoms with E-state index in [1.165, 1.54) is 13.2 Å². The second kappa shape index (κ2) is 6.84. The molecule has 1 atom stereocenters. The molecule has 1 unspecified atom stereocenters.